The highest BCUT2D eigenvalue weighted by Gasteiger charge is 2.18. The van der Waals surface area contributed by atoms with E-state index in [1.54, 1.807) is 41.8 Å². The first-order valence-electron chi connectivity index (χ1n) is 11.4. The summed E-state index contributed by atoms with van der Waals surface area (Å²) in [7, 11) is -4.49. The fourth-order valence-corrected chi connectivity index (χ4v) is 6.52. The molecule has 0 radical (unpaired) electrons. The van der Waals surface area contributed by atoms with E-state index in [1.165, 1.54) is 26.2 Å². The summed E-state index contributed by atoms with van der Waals surface area (Å²) in [6.45, 7) is 1.97. The molecule has 0 fully saturated rings. The van der Waals surface area contributed by atoms with Gasteiger partial charge in [-0.15, -0.1) is 21.6 Å². The molecule has 0 bridgehead atoms. The van der Waals surface area contributed by atoms with Crippen molar-refractivity contribution in [3.63, 3.8) is 0 Å². The van der Waals surface area contributed by atoms with Gasteiger partial charge >= 0.3 is 0 Å². The fraction of sp³-hybridized carbons (Fsp3) is 0.0357. The molecule has 2 aromatic heterocycles. The molecular weight excluding hydrogens is 504 g/mol. The molecule has 6 aromatic rings. The molecule has 9 heteroatoms. The average molecular weight is 525 g/mol. The summed E-state index contributed by atoms with van der Waals surface area (Å²) in [5.41, 5.74) is 10.00. The number of benzene rings is 4. The first kappa shape index (κ1) is 23.2. The SMILES string of the molecule is Cc1cc(N=Nc2cc(S(=O)(=O)O)c3ccccc3c2N)cnc1-c1cccc2c1sc1ccccc12. The number of azo groups is 1. The van der Waals surface area contributed by atoms with Gasteiger partial charge in [0.1, 0.15) is 16.3 Å². The Morgan fingerprint density at radius 3 is 2.32 bits per heavy atom. The fourth-order valence-electron chi connectivity index (χ4n) is 4.59. The Morgan fingerprint density at radius 1 is 0.865 bits per heavy atom. The molecule has 0 aliphatic heterocycles. The molecule has 37 heavy (non-hydrogen) atoms. The summed E-state index contributed by atoms with van der Waals surface area (Å²) in [6.07, 6.45) is 1.62. The van der Waals surface area contributed by atoms with Crippen LogP contribution in [0.1, 0.15) is 5.56 Å². The summed E-state index contributed by atoms with van der Waals surface area (Å²) < 4.78 is 36.1. The Hall–Kier alpha value is -4.18. The number of aromatic nitrogens is 1. The smallest absolute Gasteiger partial charge is 0.295 e. The minimum Gasteiger partial charge on any atom is -0.396 e. The highest BCUT2D eigenvalue weighted by molar-refractivity contribution is 7.86. The number of hydrogen-bond acceptors (Lipinski definition) is 7. The maximum atomic E-state index is 12.0. The summed E-state index contributed by atoms with van der Waals surface area (Å²) in [6, 6.07) is 24.4. The summed E-state index contributed by atoms with van der Waals surface area (Å²) in [5.74, 6) is 0. The van der Waals surface area contributed by atoms with Gasteiger partial charge in [-0.05, 0) is 30.7 Å². The Kier molecular flexibility index (Phi) is 5.49. The minimum atomic E-state index is -4.49. The molecule has 182 valence electrons. The van der Waals surface area contributed by atoms with Gasteiger partial charge < -0.3 is 5.73 Å². The van der Waals surface area contributed by atoms with Crippen molar-refractivity contribution in [2.45, 2.75) is 11.8 Å². The van der Waals surface area contributed by atoms with Crippen LogP contribution in [-0.2, 0) is 10.1 Å². The van der Waals surface area contributed by atoms with E-state index in [0.717, 1.165) is 16.8 Å². The molecule has 0 saturated heterocycles. The summed E-state index contributed by atoms with van der Waals surface area (Å²) >= 11 is 1.74. The number of hydrogen-bond donors (Lipinski definition) is 2. The van der Waals surface area contributed by atoms with Crippen LogP contribution in [0.4, 0.5) is 17.1 Å². The normalized spacial score (nSPS) is 12.3. The first-order valence-corrected chi connectivity index (χ1v) is 13.6. The van der Waals surface area contributed by atoms with Gasteiger partial charge in [0.05, 0.1) is 17.6 Å². The second kappa shape index (κ2) is 8.74. The quantitative estimate of drug-likeness (QED) is 0.138. The van der Waals surface area contributed by atoms with Crippen molar-refractivity contribution in [3.8, 4) is 11.3 Å². The van der Waals surface area contributed by atoms with E-state index in [0.29, 0.717) is 16.5 Å². The Morgan fingerprint density at radius 2 is 1.57 bits per heavy atom. The van der Waals surface area contributed by atoms with Crippen molar-refractivity contribution in [2.24, 2.45) is 10.2 Å². The van der Waals surface area contributed by atoms with Crippen molar-refractivity contribution in [1.82, 2.24) is 4.98 Å². The van der Waals surface area contributed by atoms with Gasteiger partial charge in [-0.25, -0.2) is 0 Å². The molecule has 3 N–H and O–H groups in total. The zero-order valence-electron chi connectivity index (χ0n) is 19.6. The molecule has 6 rings (SSSR count). The van der Waals surface area contributed by atoms with Gasteiger partial charge in [-0.3, -0.25) is 9.54 Å². The highest BCUT2D eigenvalue weighted by Crippen LogP contribution is 2.41. The number of thiophene rings is 1. The molecule has 0 aliphatic carbocycles. The monoisotopic (exact) mass is 524 g/mol. The van der Waals surface area contributed by atoms with E-state index >= 15 is 0 Å². The number of nitrogens with zero attached hydrogens (tertiary/aromatic N) is 3. The molecule has 4 aromatic carbocycles. The van der Waals surface area contributed by atoms with E-state index < -0.39 is 10.1 Å². The molecule has 0 atom stereocenters. The van der Waals surface area contributed by atoms with E-state index in [2.05, 4.69) is 34.5 Å². The van der Waals surface area contributed by atoms with Crippen LogP contribution in [0.25, 0.3) is 42.2 Å². The standard InChI is InChI=1S/C28H20N4O3S2/c1-16-13-17(31-32-23-14-25(37(33,34)35)19-8-2-3-9-20(19)26(23)29)15-30-27(16)22-11-6-10-21-18-7-4-5-12-24(18)36-28(21)22/h2-15H,29H2,1H3,(H,33,34,35). The van der Waals surface area contributed by atoms with Crippen LogP contribution in [0.2, 0.25) is 0 Å². The zero-order valence-corrected chi connectivity index (χ0v) is 21.2. The largest absolute Gasteiger partial charge is 0.396 e. The molecule has 7 nitrogen and oxygen atoms in total. The van der Waals surface area contributed by atoms with Gasteiger partial charge in [0.2, 0.25) is 0 Å². The lowest BCUT2D eigenvalue weighted by Gasteiger charge is -2.09. The van der Waals surface area contributed by atoms with Crippen LogP contribution >= 0.6 is 11.3 Å². The average Bonchev–Trinajstić information content (AvgIpc) is 3.27. The Labute approximate surface area is 216 Å². The number of fused-ring (bicyclic) bond motifs is 4. The Bertz CT molecular complexity index is 2000. The van der Waals surface area contributed by atoms with Gasteiger partial charge in [-0.2, -0.15) is 8.42 Å². The molecular formula is C28H20N4O3S2. The third-order valence-electron chi connectivity index (χ3n) is 6.30. The molecule has 0 amide bonds. The van der Waals surface area contributed by atoms with Gasteiger partial charge in [0, 0.05) is 36.5 Å². The van der Waals surface area contributed by atoms with Crippen LogP contribution in [0.3, 0.4) is 0 Å². The lowest BCUT2D eigenvalue weighted by molar-refractivity contribution is 0.484. The number of pyridine rings is 1. The first-order chi connectivity index (χ1) is 17.8. The maximum absolute atomic E-state index is 12.0. The third kappa shape index (κ3) is 4.03. The van der Waals surface area contributed by atoms with Crippen LogP contribution in [-0.4, -0.2) is 18.0 Å². The van der Waals surface area contributed by atoms with Crippen LogP contribution < -0.4 is 5.73 Å². The Balaban J connectivity index is 1.41. The van der Waals surface area contributed by atoms with E-state index in [4.69, 9.17) is 10.7 Å². The lowest BCUT2D eigenvalue weighted by Crippen LogP contribution is -2.01. The number of anilines is 1. The molecule has 0 spiro atoms. The van der Waals surface area contributed by atoms with Gasteiger partial charge in [-0.1, -0.05) is 60.7 Å². The van der Waals surface area contributed by atoms with Crippen LogP contribution in [0.5, 0.6) is 0 Å². The molecule has 2 heterocycles. The lowest BCUT2D eigenvalue weighted by atomic mass is 10.0. The van der Waals surface area contributed by atoms with E-state index in [-0.39, 0.29) is 16.3 Å². The van der Waals surface area contributed by atoms with Crippen molar-refractivity contribution >= 4 is 69.5 Å². The predicted molar refractivity (Wildman–Crippen MR) is 150 cm³/mol. The van der Waals surface area contributed by atoms with Crippen molar-refractivity contribution in [3.05, 3.63) is 90.6 Å². The molecule has 0 aliphatic rings. The highest BCUT2D eigenvalue weighted by atomic mass is 32.2. The number of nitrogen functional groups attached to an aromatic ring is 1. The van der Waals surface area contributed by atoms with Gasteiger partial charge in [0.15, 0.2) is 0 Å². The topological polar surface area (TPSA) is 118 Å². The van der Waals surface area contributed by atoms with E-state index in [9.17, 15) is 13.0 Å². The zero-order chi connectivity index (χ0) is 25.7. The third-order valence-corrected chi connectivity index (χ3v) is 8.41. The van der Waals surface area contributed by atoms with Crippen LogP contribution in [0.15, 0.2) is 100 Å². The number of aryl methyl sites for hydroxylation is 1. The van der Waals surface area contributed by atoms with Crippen molar-refractivity contribution in [1.29, 1.82) is 0 Å². The summed E-state index contributed by atoms with van der Waals surface area (Å²) in [4.78, 5) is 4.43. The minimum absolute atomic E-state index is 0.142. The maximum Gasteiger partial charge on any atom is 0.295 e. The summed E-state index contributed by atoms with van der Waals surface area (Å²) in [5, 5.41) is 11.7. The second-order valence-corrected chi connectivity index (χ2v) is 11.1. The molecule has 0 saturated carbocycles. The van der Waals surface area contributed by atoms with Gasteiger partial charge in [0.25, 0.3) is 10.1 Å². The second-order valence-electron chi connectivity index (χ2n) is 8.67. The van der Waals surface area contributed by atoms with Crippen LogP contribution in [0, 0.1) is 6.92 Å². The number of rotatable bonds is 4. The predicted octanol–water partition coefficient (Wildman–Crippen LogP) is 7.82. The number of nitrogens with two attached hydrogens (primary N) is 1. The van der Waals surface area contributed by atoms with E-state index in [1.807, 2.05) is 31.2 Å². The van der Waals surface area contributed by atoms with Crippen molar-refractivity contribution < 1.29 is 13.0 Å². The molecule has 0 unspecified atom stereocenters. The van der Waals surface area contributed by atoms with Crippen molar-refractivity contribution in [2.75, 3.05) is 5.73 Å².